The number of fused-ring (bicyclic) bond motifs is 1. The molecule has 0 unspecified atom stereocenters. The van der Waals surface area contributed by atoms with E-state index in [1.165, 1.54) is 10.4 Å². The van der Waals surface area contributed by atoms with Crippen molar-refractivity contribution in [3.8, 4) is 0 Å². The first-order valence-corrected chi connectivity index (χ1v) is 13.1. The van der Waals surface area contributed by atoms with Crippen molar-refractivity contribution in [2.24, 2.45) is 11.8 Å². The van der Waals surface area contributed by atoms with E-state index in [2.05, 4.69) is 5.32 Å². The van der Waals surface area contributed by atoms with Crippen molar-refractivity contribution in [1.82, 2.24) is 9.21 Å². The molecule has 1 aromatic rings. The van der Waals surface area contributed by atoms with Gasteiger partial charge >= 0.3 is 5.97 Å². The quantitative estimate of drug-likeness (QED) is 0.420. The summed E-state index contributed by atoms with van der Waals surface area (Å²) >= 11 is 0. The van der Waals surface area contributed by atoms with Crippen molar-refractivity contribution < 1.29 is 37.1 Å². The highest BCUT2D eigenvalue weighted by molar-refractivity contribution is 7.89. The van der Waals surface area contributed by atoms with Crippen LogP contribution in [0.5, 0.6) is 0 Å². The summed E-state index contributed by atoms with van der Waals surface area (Å²) in [6.07, 6.45) is 3.05. The normalized spacial score (nSPS) is 23.2. The van der Waals surface area contributed by atoms with Crippen molar-refractivity contribution in [3.63, 3.8) is 0 Å². The van der Waals surface area contributed by atoms with Crippen molar-refractivity contribution in [2.75, 3.05) is 44.8 Å². The van der Waals surface area contributed by atoms with Crippen LogP contribution >= 0.6 is 0 Å². The van der Waals surface area contributed by atoms with Gasteiger partial charge in [0.05, 0.1) is 29.9 Å². The number of benzene rings is 1. The molecule has 3 fully saturated rings. The third-order valence-electron chi connectivity index (χ3n) is 6.64. The lowest BCUT2D eigenvalue weighted by Crippen LogP contribution is -2.40. The van der Waals surface area contributed by atoms with Crippen LogP contribution in [0.15, 0.2) is 23.1 Å². The number of amides is 3. The highest BCUT2D eigenvalue weighted by atomic mass is 32.2. The first-order valence-electron chi connectivity index (χ1n) is 11.7. The number of nitrogens with one attached hydrogen (secondary N) is 1. The van der Waals surface area contributed by atoms with Gasteiger partial charge in [-0.25, -0.2) is 8.42 Å². The van der Waals surface area contributed by atoms with Crippen LogP contribution in [-0.4, -0.2) is 80.8 Å². The second kappa shape index (κ2) is 10.4. The third kappa shape index (κ3) is 5.39. The van der Waals surface area contributed by atoms with E-state index in [1.807, 2.05) is 0 Å². The molecule has 12 heteroatoms. The molecule has 0 aromatic heterocycles. The number of likely N-dealkylation sites (tertiary alicyclic amines) is 1. The number of hydrogen-bond acceptors (Lipinski definition) is 8. The third-order valence-corrected chi connectivity index (χ3v) is 8.68. The van der Waals surface area contributed by atoms with Crippen LogP contribution in [0.2, 0.25) is 0 Å². The molecule has 0 spiro atoms. The molecule has 190 valence electrons. The maximum Gasteiger partial charge on any atom is 0.326 e. The van der Waals surface area contributed by atoms with Gasteiger partial charge in [-0.15, -0.1) is 0 Å². The molecular weight excluding hydrogens is 478 g/mol. The van der Waals surface area contributed by atoms with Crippen LogP contribution in [0.3, 0.4) is 0 Å². The number of aryl methyl sites for hydroxylation is 1. The number of carbonyl (C=O) groups excluding carboxylic acids is 4. The lowest BCUT2D eigenvalue weighted by atomic mass is 9.81. The van der Waals surface area contributed by atoms with Gasteiger partial charge in [-0.2, -0.15) is 4.31 Å². The van der Waals surface area contributed by atoms with Crippen molar-refractivity contribution in [1.29, 1.82) is 0 Å². The largest absolute Gasteiger partial charge is 0.454 e. The maximum atomic E-state index is 13.0. The number of sulfonamides is 1. The summed E-state index contributed by atoms with van der Waals surface area (Å²) in [4.78, 5) is 50.5. The summed E-state index contributed by atoms with van der Waals surface area (Å²) < 4.78 is 37.5. The van der Waals surface area contributed by atoms with Crippen LogP contribution < -0.4 is 5.32 Å². The Kier molecular flexibility index (Phi) is 7.53. The van der Waals surface area contributed by atoms with Gasteiger partial charge in [-0.05, 0) is 37.5 Å². The minimum absolute atomic E-state index is 0.0710. The molecule has 11 nitrogen and oxygen atoms in total. The molecule has 0 bridgehead atoms. The molecule has 1 aliphatic carbocycles. The van der Waals surface area contributed by atoms with Crippen LogP contribution in [0.25, 0.3) is 0 Å². The molecule has 4 rings (SSSR count). The van der Waals surface area contributed by atoms with Crippen molar-refractivity contribution in [2.45, 2.75) is 37.5 Å². The minimum Gasteiger partial charge on any atom is -0.454 e. The Bertz CT molecular complexity index is 1110. The predicted molar refractivity (Wildman–Crippen MR) is 123 cm³/mol. The number of imide groups is 1. The molecule has 2 heterocycles. The maximum absolute atomic E-state index is 13.0. The molecule has 3 amide bonds. The summed E-state index contributed by atoms with van der Waals surface area (Å²) in [6, 6.07) is 4.50. The van der Waals surface area contributed by atoms with Crippen LogP contribution in [-0.2, 0) is 38.7 Å². The summed E-state index contributed by atoms with van der Waals surface area (Å²) in [7, 11) is -3.76. The Morgan fingerprint density at radius 2 is 1.71 bits per heavy atom. The highest BCUT2D eigenvalue weighted by Gasteiger charge is 2.48. The molecule has 1 N–H and O–H groups in total. The van der Waals surface area contributed by atoms with E-state index in [1.54, 1.807) is 19.1 Å². The smallest absolute Gasteiger partial charge is 0.326 e. The van der Waals surface area contributed by atoms with E-state index in [9.17, 15) is 27.6 Å². The zero-order chi connectivity index (χ0) is 25.2. The van der Waals surface area contributed by atoms with Gasteiger partial charge in [0, 0.05) is 18.8 Å². The number of hydrogen-bond donors (Lipinski definition) is 1. The van der Waals surface area contributed by atoms with E-state index in [0.29, 0.717) is 31.6 Å². The number of morpholine rings is 1. The monoisotopic (exact) mass is 507 g/mol. The Hall–Kier alpha value is -2.83. The zero-order valence-corrected chi connectivity index (χ0v) is 20.3. The van der Waals surface area contributed by atoms with Gasteiger partial charge in [0.2, 0.25) is 21.8 Å². The van der Waals surface area contributed by atoms with Gasteiger partial charge < -0.3 is 14.8 Å². The molecule has 35 heavy (non-hydrogen) atoms. The van der Waals surface area contributed by atoms with Crippen LogP contribution in [0.1, 0.15) is 31.2 Å². The van der Waals surface area contributed by atoms with Gasteiger partial charge in [0.25, 0.3) is 5.91 Å². The van der Waals surface area contributed by atoms with E-state index >= 15 is 0 Å². The average Bonchev–Trinajstić information content (AvgIpc) is 3.09. The number of carbonyl (C=O) groups is 4. The molecule has 3 aliphatic rings. The Morgan fingerprint density at radius 1 is 1.09 bits per heavy atom. The first kappa shape index (κ1) is 25.3. The number of nitrogens with zero attached hydrogens (tertiary/aromatic N) is 2. The number of anilines is 1. The van der Waals surface area contributed by atoms with Crippen molar-refractivity contribution in [3.05, 3.63) is 23.8 Å². The van der Waals surface area contributed by atoms with Gasteiger partial charge in [-0.1, -0.05) is 18.9 Å². The summed E-state index contributed by atoms with van der Waals surface area (Å²) in [5.74, 6) is -2.97. The zero-order valence-electron chi connectivity index (χ0n) is 19.5. The molecule has 1 saturated carbocycles. The second-order valence-electron chi connectivity index (χ2n) is 8.97. The lowest BCUT2D eigenvalue weighted by molar-refractivity contribution is -0.154. The standard InChI is InChI=1S/C23H29N3O8S/c1-15-6-7-16(12-19(15)35(31,32)25-8-10-33-11-9-25)24-20(27)14-34-21(28)13-26-22(29)17-4-2-3-5-18(17)23(26)30/h6-7,12,17-18H,2-5,8-11,13-14H2,1H3,(H,24,27)/t17-,18-/m0/s1. The van der Waals surface area contributed by atoms with Gasteiger partial charge in [0.1, 0.15) is 6.54 Å². The summed E-state index contributed by atoms with van der Waals surface area (Å²) in [5, 5.41) is 2.52. The Balaban J connectivity index is 1.32. The topological polar surface area (TPSA) is 139 Å². The molecule has 2 aliphatic heterocycles. The van der Waals surface area contributed by atoms with E-state index in [0.717, 1.165) is 17.7 Å². The van der Waals surface area contributed by atoms with Crippen LogP contribution in [0.4, 0.5) is 5.69 Å². The van der Waals surface area contributed by atoms with E-state index in [4.69, 9.17) is 9.47 Å². The first-order chi connectivity index (χ1) is 16.7. The highest BCUT2D eigenvalue weighted by Crippen LogP contribution is 2.37. The molecule has 1 aromatic carbocycles. The molecular formula is C23H29N3O8S. The number of ether oxygens (including phenoxy) is 2. The SMILES string of the molecule is Cc1ccc(NC(=O)COC(=O)CN2C(=O)[C@H]3CCCC[C@@H]3C2=O)cc1S(=O)(=O)N1CCOCC1. The van der Waals surface area contributed by atoms with Gasteiger partial charge in [-0.3, -0.25) is 24.1 Å². The Labute approximate surface area is 203 Å². The van der Waals surface area contributed by atoms with Crippen LogP contribution in [0, 0.1) is 18.8 Å². The predicted octanol–water partition coefficient (Wildman–Crippen LogP) is 0.673. The molecule has 0 radical (unpaired) electrons. The second-order valence-corrected chi connectivity index (χ2v) is 10.9. The fourth-order valence-corrected chi connectivity index (χ4v) is 6.45. The fraction of sp³-hybridized carbons (Fsp3) is 0.565. The van der Waals surface area contributed by atoms with E-state index < -0.39 is 35.1 Å². The fourth-order valence-electron chi connectivity index (χ4n) is 4.79. The lowest BCUT2D eigenvalue weighted by Gasteiger charge is -2.26. The average molecular weight is 508 g/mol. The van der Waals surface area contributed by atoms with E-state index in [-0.39, 0.29) is 47.3 Å². The number of rotatable bonds is 7. The molecule has 2 atom stereocenters. The van der Waals surface area contributed by atoms with Crippen molar-refractivity contribution >= 4 is 39.4 Å². The molecule has 2 saturated heterocycles. The number of esters is 1. The summed E-state index contributed by atoms with van der Waals surface area (Å²) in [6.45, 7) is 1.63. The summed E-state index contributed by atoms with van der Waals surface area (Å²) in [5.41, 5.74) is 0.763. The Morgan fingerprint density at radius 3 is 2.34 bits per heavy atom. The van der Waals surface area contributed by atoms with Gasteiger partial charge in [0.15, 0.2) is 6.61 Å². The minimum atomic E-state index is -3.76.